The predicted octanol–water partition coefficient (Wildman–Crippen LogP) is 3.28. The van der Waals surface area contributed by atoms with Crippen molar-refractivity contribution in [1.29, 1.82) is 0 Å². The third-order valence-corrected chi connectivity index (χ3v) is 3.77. The number of piperazine rings is 1. The molecule has 0 aromatic rings. The Morgan fingerprint density at radius 1 is 1.24 bits per heavy atom. The third-order valence-electron chi connectivity index (χ3n) is 3.77. The first-order chi connectivity index (χ1) is 8.13. The summed E-state index contributed by atoms with van der Waals surface area (Å²) in [6.45, 7) is 13.0. The zero-order valence-corrected chi connectivity index (χ0v) is 12.3. The maximum absolute atomic E-state index is 3.63. The Balaban J connectivity index is 2.33. The molecule has 0 saturated carbocycles. The van der Waals surface area contributed by atoms with Crippen LogP contribution in [-0.2, 0) is 0 Å². The average Bonchev–Trinajstić information content (AvgIpc) is 2.27. The summed E-state index contributed by atoms with van der Waals surface area (Å²) in [5, 5.41) is 3.63. The van der Waals surface area contributed by atoms with Crippen LogP contribution in [0.5, 0.6) is 0 Å². The lowest BCUT2D eigenvalue weighted by atomic mass is 9.99. The summed E-state index contributed by atoms with van der Waals surface area (Å²) in [6.07, 6.45) is 6.87. The molecule has 0 aromatic heterocycles. The summed E-state index contributed by atoms with van der Waals surface area (Å²) in [6, 6.07) is 1.44. The highest BCUT2D eigenvalue weighted by Crippen LogP contribution is 2.16. The van der Waals surface area contributed by atoms with Gasteiger partial charge in [0.1, 0.15) is 0 Å². The van der Waals surface area contributed by atoms with Gasteiger partial charge in [0.05, 0.1) is 0 Å². The van der Waals surface area contributed by atoms with E-state index < -0.39 is 0 Å². The Morgan fingerprint density at radius 3 is 2.65 bits per heavy atom. The number of hydrogen-bond acceptors (Lipinski definition) is 2. The second kappa shape index (κ2) is 8.10. The smallest absolute Gasteiger partial charge is 0.0223 e. The molecule has 0 radical (unpaired) electrons. The number of unbranched alkanes of at least 4 members (excludes halogenated alkanes) is 3. The summed E-state index contributed by atoms with van der Waals surface area (Å²) >= 11 is 0. The van der Waals surface area contributed by atoms with Crippen molar-refractivity contribution in [3.8, 4) is 0 Å². The number of nitrogens with zero attached hydrogens (tertiary/aromatic N) is 1. The van der Waals surface area contributed by atoms with Crippen LogP contribution < -0.4 is 5.32 Å². The van der Waals surface area contributed by atoms with Gasteiger partial charge in [0.2, 0.25) is 0 Å². The first kappa shape index (κ1) is 15.0. The maximum Gasteiger partial charge on any atom is 0.0223 e. The van der Waals surface area contributed by atoms with Crippen LogP contribution >= 0.6 is 0 Å². The Kier molecular flexibility index (Phi) is 7.14. The standard InChI is InChI=1S/C15H32N2/c1-5-6-7-8-9-17-12-14(4)16-11-15(17)10-13(2)3/h13-16H,5-12H2,1-4H3. The summed E-state index contributed by atoms with van der Waals surface area (Å²) in [4.78, 5) is 2.73. The van der Waals surface area contributed by atoms with Crippen LogP contribution in [0.4, 0.5) is 0 Å². The van der Waals surface area contributed by atoms with E-state index in [-0.39, 0.29) is 0 Å². The Bertz CT molecular complexity index is 191. The van der Waals surface area contributed by atoms with Crippen LogP contribution in [0.2, 0.25) is 0 Å². The molecule has 1 aliphatic rings. The largest absolute Gasteiger partial charge is 0.311 e. The average molecular weight is 240 g/mol. The summed E-state index contributed by atoms with van der Waals surface area (Å²) in [7, 11) is 0. The minimum absolute atomic E-state index is 0.671. The normalized spacial score (nSPS) is 26.6. The van der Waals surface area contributed by atoms with E-state index in [1.165, 1.54) is 51.7 Å². The molecule has 1 fully saturated rings. The van der Waals surface area contributed by atoms with E-state index in [2.05, 4.69) is 37.9 Å². The molecule has 0 amide bonds. The maximum atomic E-state index is 3.63. The fraction of sp³-hybridized carbons (Fsp3) is 1.00. The van der Waals surface area contributed by atoms with Crippen molar-refractivity contribution in [1.82, 2.24) is 10.2 Å². The molecule has 2 unspecified atom stereocenters. The number of hydrogen-bond donors (Lipinski definition) is 1. The van der Waals surface area contributed by atoms with E-state index in [9.17, 15) is 0 Å². The summed E-state index contributed by atoms with van der Waals surface area (Å²) < 4.78 is 0. The van der Waals surface area contributed by atoms with Gasteiger partial charge in [0.15, 0.2) is 0 Å². The minimum Gasteiger partial charge on any atom is -0.311 e. The lowest BCUT2D eigenvalue weighted by molar-refractivity contribution is 0.116. The van der Waals surface area contributed by atoms with Crippen LogP contribution in [0.3, 0.4) is 0 Å². The second-order valence-corrected chi connectivity index (χ2v) is 6.15. The van der Waals surface area contributed by atoms with Crippen molar-refractivity contribution < 1.29 is 0 Å². The van der Waals surface area contributed by atoms with Gasteiger partial charge >= 0.3 is 0 Å². The summed E-state index contributed by atoms with van der Waals surface area (Å²) in [5.74, 6) is 0.813. The topological polar surface area (TPSA) is 15.3 Å². The van der Waals surface area contributed by atoms with E-state index >= 15 is 0 Å². The van der Waals surface area contributed by atoms with Gasteiger partial charge in [-0.15, -0.1) is 0 Å². The molecule has 0 aromatic carbocycles. The van der Waals surface area contributed by atoms with Crippen LogP contribution in [-0.4, -0.2) is 36.6 Å². The van der Waals surface area contributed by atoms with Crippen LogP contribution in [0, 0.1) is 5.92 Å². The molecule has 2 heteroatoms. The summed E-state index contributed by atoms with van der Waals surface area (Å²) in [5.41, 5.74) is 0. The van der Waals surface area contributed by atoms with Gasteiger partial charge in [-0.2, -0.15) is 0 Å². The Morgan fingerprint density at radius 2 is 2.00 bits per heavy atom. The molecule has 2 nitrogen and oxygen atoms in total. The first-order valence-electron chi connectivity index (χ1n) is 7.61. The molecule has 1 aliphatic heterocycles. The Labute approximate surface area is 108 Å². The van der Waals surface area contributed by atoms with Gasteiger partial charge in [-0.25, -0.2) is 0 Å². The van der Waals surface area contributed by atoms with E-state index in [0.717, 1.165) is 12.0 Å². The molecule has 1 heterocycles. The highest BCUT2D eigenvalue weighted by Gasteiger charge is 2.25. The molecule has 17 heavy (non-hydrogen) atoms. The number of rotatable bonds is 7. The Hall–Kier alpha value is -0.0800. The molecule has 102 valence electrons. The van der Waals surface area contributed by atoms with Gasteiger partial charge < -0.3 is 5.32 Å². The minimum atomic E-state index is 0.671. The van der Waals surface area contributed by atoms with Gasteiger partial charge in [-0.05, 0) is 32.2 Å². The fourth-order valence-electron chi connectivity index (χ4n) is 2.82. The molecule has 0 aliphatic carbocycles. The van der Waals surface area contributed by atoms with Gasteiger partial charge in [-0.1, -0.05) is 40.0 Å². The van der Waals surface area contributed by atoms with Crippen molar-refractivity contribution in [2.75, 3.05) is 19.6 Å². The molecule has 1 rings (SSSR count). The molecule has 2 atom stereocenters. The number of nitrogens with one attached hydrogen (secondary N) is 1. The zero-order chi connectivity index (χ0) is 12.7. The molecular weight excluding hydrogens is 208 g/mol. The van der Waals surface area contributed by atoms with Crippen LogP contribution in [0.1, 0.15) is 59.8 Å². The first-order valence-corrected chi connectivity index (χ1v) is 7.61. The van der Waals surface area contributed by atoms with Crippen LogP contribution in [0.15, 0.2) is 0 Å². The van der Waals surface area contributed by atoms with Gasteiger partial charge in [0.25, 0.3) is 0 Å². The molecule has 1 saturated heterocycles. The highest BCUT2D eigenvalue weighted by molar-refractivity contribution is 4.84. The lowest BCUT2D eigenvalue weighted by Crippen LogP contribution is -2.55. The van der Waals surface area contributed by atoms with Crippen molar-refractivity contribution in [2.24, 2.45) is 5.92 Å². The van der Waals surface area contributed by atoms with E-state index in [1.54, 1.807) is 0 Å². The molecular formula is C15H32N2. The van der Waals surface area contributed by atoms with Crippen molar-refractivity contribution in [3.63, 3.8) is 0 Å². The third kappa shape index (κ3) is 5.87. The van der Waals surface area contributed by atoms with Crippen molar-refractivity contribution >= 4 is 0 Å². The van der Waals surface area contributed by atoms with Gasteiger partial charge in [0, 0.05) is 25.2 Å². The van der Waals surface area contributed by atoms with E-state index in [0.29, 0.717) is 6.04 Å². The van der Waals surface area contributed by atoms with E-state index in [4.69, 9.17) is 0 Å². The highest BCUT2D eigenvalue weighted by atomic mass is 15.2. The lowest BCUT2D eigenvalue weighted by Gasteiger charge is -2.40. The fourth-order valence-corrected chi connectivity index (χ4v) is 2.82. The predicted molar refractivity (Wildman–Crippen MR) is 76.4 cm³/mol. The van der Waals surface area contributed by atoms with Crippen LogP contribution in [0.25, 0.3) is 0 Å². The van der Waals surface area contributed by atoms with Crippen molar-refractivity contribution in [2.45, 2.75) is 71.9 Å². The zero-order valence-electron chi connectivity index (χ0n) is 12.3. The molecule has 0 bridgehead atoms. The van der Waals surface area contributed by atoms with Gasteiger partial charge in [-0.3, -0.25) is 4.90 Å². The second-order valence-electron chi connectivity index (χ2n) is 6.15. The molecule has 0 spiro atoms. The monoisotopic (exact) mass is 240 g/mol. The molecule has 1 N–H and O–H groups in total. The van der Waals surface area contributed by atoms with E-state index in [1.807, 2.05) is 0 Å². The quantitative estimate of drug-likeness (QED) is 0.687. The van der Waals surface area contributed by atoms with Crippen molar-refractivity contribution in [3.05, 3.63) is 0 Å². The SMILES string of the molecule is CCCCCCN1CC(C)NCC1CC(C)C.